The molecule has 106 valence electrons. The predicted octanol–water partition coefficient (Wildman–Crippen LogP) is 1.96. The van der Waals surface area contributed by atoms with Gasteiger partial charge in [0.15, 0.2) is 0 Å². The zero-order chi connectivity index (χ0) is 13.7. The highest BCUT2D eigenvalue weighted by atomic mass is 16.5. The van der Waals surface area contributed by atoms with Crippen LogP contribution in [0.2, 0.25) is 0 Å². The SMILES string of the molecule is CCCOc1nc(NCCN(C)C2CC2)ccc1N. The Hall–Kier alpha value is -1.49. The molecule has 0 spiro atoms. The fraction of sp³-hybridized carbons (Fsp3) is 0.643. The lowest BCUT2D eigenvalue weighted by molar-refractivity contribution is 0.307. The molecule has 1 aromatic heterocycles. The maximum atomic E-state index is 5.83. The summed E-state index contributed by atoms with van der Waals surface area (Å²) < 4.78 is 5.52. The average Bonchev–Trinajstić information content (AvgIpc) is 3.23. The van der Waals surface area contributed by atoms with Crippen molar-refractivity contribution in [1.29, 1.82) is 0 Å². The smallest absolute Gasteiger partial charge is 0.239 e. The number of nitrogens with one attached hydrogen (secondary N) is 1. The normalized spacial score (nSPS) is 14.7. The van der Waals surface area contributed by atoms with Crippen LogP contribution in [0.15, 0.2) is 12.1 Å². The van der Waals surface area contributed by atoms with Crippen molar-refractivity contribution in [2.75, 3.05) is 37.8 Å². The lowest BCUT2D eigenvalue weighted by Gasteiger charge is -2.16. The lowest BCUT2D eigenvalue weighted by Crippen LogP contribution is -2.27. The highest BCUT2D eigenvalue weighted by molar-refractivity contribution is 5.53. The fourth-order valence-corrected chi connectivity index (χ4v) is 1.92. The van der Waals surface area contributed by atoms with Gasteiger partial charge in [-0.1, -0.05) is 6.92 Å². The number of rotatable bonds is 8. The number of aromatic nitrogens is 1. The van der Waals surface area contributed by atoms with Crippen molar-refractivity contribution in [3.63, 3.8) is 0 Å². The summed E-state index contributed by atoms with van der Waals surface area (Å²) >= 11 is 0. The first-order chi connectivity index (χ1) is 9.20. The third-order valence-electron chi connectivity index (χ3n) is 3.27. The Morgan fingerprint density at radius 1 is 1.47 bits per heavy atom. The van der Waals surface area contributed by atoms with E-state index in [0.29, 0.717) is 18.2 Å². The molecular weight excluding hydrogens is 240 g/mol. The Morgan fingerprint density at radius 2 is 2.26 bits per heavy atom. The van der Waals surface area contributed by atoms with Gasteiger partial charge in [-0.2, -0.15) is 4.98 Å². The van der Waals surface area contributed by atoms with E-state index in [2.05, 4.69) is 29.2 Å². The molecule has 2 rings (SSSR count). The van der Waals surface area contributed by atoms with Crippen molar-refractivity contribution in [2.45, 2.75) is 32.2 Å². The van der Waals surface area contributed by atoms with E-state index in [9.17, 15) is 0 Å². The van der Waals surface area contributed by atoms with Gasteiger partial charge in [-0.3, -0.25) is 0 Å². The van der Waals surface area contributed by atoms with Crippen molar-refractivity contribution in [2.24, 2.45) is 0 Å². The number of anilines is 2. The molecule has 0 atom stereocenters. The van der Waals surface area contributed by atoms with Crippen molar-refractivity contribution in [1.82, 2.24) is 9.88 Å². The quantitative estimate of drug-likeness (QED) is 0.751. The zero-order valence-electron chi connectivity index (χ0n) is 11.9. The molecule has 0 radical (unpaired) electrons. The Labute approximate surface area is 115 Å². The van der Waals surface area contributed by atoms with Gasteiger partial charge in [-0.15, -0.1) is 0 Å². The van der Waals surface area contributed by atoms with E-state index < -0.39 is 0 Å². The van der Waals surface area contributed by atoms with Crippen LogP contribution in [0, 0.1) is 0 Å². The van der Waals surface area contributed by atoms with Crippen LogP contribution < -0.4 is 15.8 Å². The molecule has 1 heterocycles. The predicted molar refractivity (Wildman–Crippen MR) is 78.6 cm³/mol. The topological polar surface area (TPSA) is 63.4 Å². The molecule has 0 saturated heterocycles. The van der Waals surface area contributed by atoms with Crippen molar-refractivity contribution in [3.05, 3.63) is 12.1 Å². The summed E-state index contributed by atoms with van der Waals surface area (Å²) in [4.78, 5) is 6.78. The van der Waals surface area contributed by atoms with Gasteiger partial charge in [0.05, 0.1) is 12.3 Å². The van der Waals surface area contributed by atoms with E-state index >= 15 is 0 Å². The number of hydrogen-bond acceptors (Lipinski definition) is 5. The van der Waals surface area contributed by atoms with Crippen molar-refractivity contribution >= 4 is 11.5 Å². The minimum atomic E-state index is 0.530. The van der Waals surface area contributed by atoms with Crippen molar-refractivity contribution < 1.29 is 4.74 Å². The number of nitrogen functional groups attached to an aromatic ring is 1. The average molecular weight is 264 g/mol. The molecule has 0 bridgehead atoms. The Balaban J connectivity index is 1.81. The number of ether oxygens (including phenoxy) is 1. The summed E-state index contributed by atoms with van der Waals surface area (Å²) in [6, 6.07) is 4.53. The molecule has 1 aromatic rings. The van der Waals surface area contributed by atoms with Crippen LogP contribution in [0.1, 0.15) is 26.2 Å². The first-order valence-electron chi connectivity index (χ1n) is 7.04. The molecule has 1 saturated carbocycles. The largest absolute Gasteiger partial charge is 0.476 e. The van der Waals surface area contributed by atoms with Gasteiger partial charge in [-0.05, 0) is 38.4 Å². The van der Waals surface area contributed by atoms with Crippen LogP contribution in [-0.4, -0.2) is 42.7 Å². The monoisotopic (exact) mass is 264 g/mol. The first-order valence-corrected chi connectivity index (χ1v) is 7.04. The van der Waals surface area contributed by atoms with E-state index in [-0.39, 0.29) is 0 Å². The highest BCUT2D eigenvalue weighted by Crippen LogP contribution is 2.25. The molecule has 5 nitrogen and oxygen atoms in total. The molecule has 5 heteroatoms. The van der Waals surface area contributed by atoms with Gasteiger partial charge in [-0.25, -0.2) is 0 Å². The van der Waals surface area contributed by atoms with Crippen LogP contribution in [0.25, 0.3) is 0 Å². The third-order valence-corrected chi connectivity index (χ3v) is 3.27. The molecule has 0 aliphatic heterocycles. The zero-order valence-corrected chi connectivity index (χ0v) is 11.9. The second-order valence-electron chi connectivity index (χ2n) is 5.08. The molecule has 0 aromatic carbocycles. The molecule has 1 aliphatic rings. The number of nitrogens with zero attached hydrogens (tertiary/aromatic N) is 2. The molecule has 1 fully saturated rings. The van der Waals surface area contributed by atoms with Crippen LogP contribution in [0.3, 0.4) is 0 Å². The standard InChI is InChI=1S/C14H24N4O/c1-3-10-19-14-12(15)6-7-13(17-14)16-8-9-18(2)11-4-5-11/h6-7,11H,3-5,8-10,15H2,1-2H3,(H,16,17). The first kappa shape index (κ1) is 13.9. The van der Waals surface area contributed by atoms with Crippen LogP contribution in [0.5, 0.6) is 5.88 Å². The van der Waals surface area contributed by atoms with Gasteiger partial charge >= 0.3 is 0 Å². The molecule has 1 aliphatic carbocycles. The summed E-state index contributed by atoms with van der Waals surface area (Å²) in [6.07, 6.45) is 3.63. The second kappa shape index (κ2) is 6.61. The summed E-state index contributed by atoms with van der Waals surface area (Å²) in [7, 11) is 2.17. The van der Waals surface area contributed by atoms with Crippen LogP contribution >= 0.6 is 0 Å². The Kier molecular flexibility index (Phi) is 4.85. The van der Waals surface area contributed by atoms with Gasteiger partial charge in [0, 0.05) is 19.1 Å². The van der Waals surface area contributed by atoms with E-state index in [0.717, 1.165) is 31.4 Å². The third kappa shape index (κ3) is 4.28. The number of nitrogens with two attached hydrogens (primary N) is 1. The maximum Gasteiger partial charge on any atom is 0.239 e. The van der Waals surface area contributed by atoms with Gasteiger partial charge < -0.3 is 20.7 Å². The molecule has 0 amide bonds. The Morgan fingerprint density at radius 3 is 2.95 bits per heavy atom. The minimum absolute atomic E-state index is 0.530. The molecule has 0 unspecified atom stereocenters. The van der Waals surface area contributed by atoms with E-state index in [1.165, 1.54) is 12.8 Å². The molecule has 19 heavy (non-hydrogen) atoms. The lowest BCUT2D eigenvalue weighted by atomic mass is 10.4. The van der Waals surface area contributed by atoms with Gasteiger partial charge in [0.25, 0.3) is 0 Å². The maximum absolute atomic E-state index is 5.83. The molecular formula is C14H24N4O. The number of hydrogen-bond donors (Lipinski definition) is 2. The van der Waals surface area contributed by atoms with E-state index in [1.54, 1.807) is 0 Å². The van der Waals surface area contributed by atoms with E-state index in [1.807, 2.05) is 12.1 Å². The van der Waals surface area contributed by atoms with Gasteiger partial charge in [0.2, 0.25) is 5.88 Å². The number of likely N-dealkylation sites (N-methyl/N-ethyl adjacent to an activating group) is 1. The molecule has 3 N–H and O–H groups in total. The highest BCUT2D eigenvalue weighted by Gasteiger charge is 2.25. The summed E-state index contributed by atoms with van der Waals surface area (Å²) in [5.41, 5.74) is 6.42. The van der Waals surface area contributed by atoms with Crippen molar-refractivity contribution in [3.8, 4) is 5.88 Å². The summed E-state index contributed by atoms with van der Waals surface area (Å²) in [5.74, 6) is 1.35. The Bertz CT molecular complexity index is 406. The summed E-state index contributed by atoms with van der Waals surface area (Å²) in [6.45, 7) is 4.62. The van der Waals surface area contributed by atoms with E-state index in [4.69, 9.17) is 10.5 Å². The second-order valence-corrected chi connectivity index (χ2v) is 5.08. The van der Waals surface area contributed by atoms with Crippen LogP contribution in [-0.2, 0) is 0 Å². The summed E-state index contributed by atoms with van der Waals surface area (Å²) in [5, 5.41) is 3.31. The minimum Gasteiger partial charge on any atom is -0.476 e. The van der Waals surface area contributed by atoms with Crippen LogP contribution in [0.4, 0.5) is 11.5 Å². The van der Waals surface area contributed by atoms with Gasteiger partial charge in [0.1, 0.15) is 5.82 Å². The number of pyridine rings is 1. The fourth-order valence-electron chi connectivity index (χ4n) is 1.92.